The van der Waals surface area contributed by atoms with E-state index in [9.17, 15) is 18.8 Å². The molecule has 0 spiro atoms. The van der Waals surface area contributed by atoms with Crippen LogP contribution in [0.5, 0.6) is 5.75 Å². The Labute approximate surface area is 112 Å². The van der Waals surface area contributed by atoms with Gasteiger partial charge in [0.25, 0.3) is 0 Å². The Hall–Kier alpha value is -1.58. The second-order valence-corrected chi connectivity index (χ2v) is 6.75. The summed E-state index contributed by atoms with van der Waals surface area (Å²) in [4.78, 5) is 0.131. The van der Waals surface area contributed by atoms with Crippen LogP contribution in [0.25, 0.3) is 0 Å². The van der Waals surface area contributed by atoms with Crippen LogP contribution >= 0.6 is 0 Å². The molecule has 1 aliphatic heterocycles. The molecule has 0 amide bonds. The minimum absolute atomic E-state index is 0.0139. The fourth-order valence-electron chi connectivity index (χ4n) is 2.15. The van der Waals surface area contributed by atoms with Gasteiger partial charge >= 0.3 is 0 Å². The van der Waals surface area contributed by atoms with Gasteiger partial charge in [0.2, 0.25) is 0 Å². The molecule has 1 N–H and O–H groups in total. The third-order valence-electron chi connectivity index (χ3n) is 3.35. The maximum Gasteiger partial charge on any atom is 0.179 e. The van der Waals surface area contributed by atoms with Crippen LogP contribution in [0.4, 0.5) is 0 Å². The standard InChI is InChI=1S/C13H15NO4S/c14-9-13(5-7-18-8-6-13)10-19(16,17)12-3-1-11(15)2-4-12/h1-4,15H,5-8,10H2. The lowest BCUT2D eigenvalue weighted by Gasteiger charge is -2.30. The largest absolute Gasteiger partial charge is 0.508 e. The van der Waals surface area contributed by atoms with E-state index in [-0.39, 0.29) is 16.4 Å². The third kappa shape index (κ3) is 3.06. The summed E-state index contributed by atoms with van der Waals surface area (Å²) >= 11 is 0. The molecule has 0 atom stereocenters. The van der Waals surface area contributed by atoms with Gasteiger partial charge in [-0.3, -0.25) is 0 Å². The molecule has 0 unspecified atom stereocenters. The monoisotopic (exact) mass is 281 g/mol. The average molecular weight is 281 g/mol. The van der Waals surface area contributed by atoms with Crippen LogP contribution in [-0.4, -0.2) is 32.5 Å². The van der Waals surface area contributed by atoms with Crippen molar-refractivity contribution in [2.24, 2.45) is 5.41 Å². The smallest absolute Gasteiger partial charge is 0.179 e. The Morgan fingerprint density at radius 1 is 1.26 bits per heavy atom. The molecule has 0 bridgehead atoms. The summed E-state index contributed by atoms with van der Waals surface area (Å²) in [5, 5.41) is 18.5. The van der Waals surface area contributed by atoms with Gasteiger partial charge in [-0.2, -0.15) is 5.26 Å². The molecule has 0 radical (unpaired) electrons. The summed E-state index contributed by atoms with van der Waals surface area (Å²) in [5.41, 5.74) is -0.866. The maximum atomic E-state index is 12.3. The lowest BCUT2D eigenvalue weighted by atomic mass is 9.84. The molecule has 19 heavy (non-hydrogen) atoms. The van der Waals surface area contributed by atoms with Crippen molar-refractivity contribution in [2.45, 2.75) is 17.7 Å². The van der Waals surface area contributed by atoms with Gasteiger partial charge in [0, 0.05) is 13.2 Å². The van der Waals surface area contributed by atoms with E-state index in [1.165, 1.54) is 24.3 Å². The Morgan fingerprint density at radius 3 is 2.37 bits per heavy atom. The first kappa shape index (κ1) is 13.8. The zero-order valence-electron chi connectivity index (χ0n) is 10.4. The normalized spacial score (nSPS) is 18.7. The van der Waals surface area contributed by atoms with E-state index in [2.05, 4.69) is 6.07 Å². The van der Waals surface area contributed by atoms with Crippen LogP contribution < -0.4 is 0 Å². The topological polar surface area (TPSA) is 87.4 Å². The summed E-state index contributed by atoms with van der Waals surface area (Å²) in [6, 6.07) is 7.52. The van der Waals surface area contributed by atoms with Crippen LogP contribution in [0.3, 0.4) is 0 Å². The number of hydrogen-bond donors (Lipinski definition) is 1. The van der Waals surface area contributed by atoms with Crippen molar-refractivity contribution in [3.63, 3.8) is 0 Å². The number of phenols is 1. The second-order valence-electron chi connectivity index (χ2n) is 4.76. The predicted molar refractivity (Wildman–Crippen MR) is 68.3 cm³/mol. The summed E-state index contributed by atoms with van der Waals surface area (Å²) in [5.74, 6) is -0.190. The van der Waals surface area contributed by atoms with E-state index in [1.54, 1.807) is 0 Å². The quantitative estimate of drug-likeness (QED) is 0.906. The lowest BCUT2D eigenvalue weighted by molar-refractivity contribution is 0.0490. The number of benzene rings is 1. The number of hydrogen-bond acceptors (Lipinski definition) is 5. The van der Waals surface area contributed by atoms with Crippen molar-refractivity contribution in [1.29, 1.82) is 5.26 Å². The molecule has 1 aliphatic rings. The number of nitriles is 1. The highest BCUT2D eigenvalue weighted by atomic mass is 32.2. The van der Waals surface area contributed by atoms with Gasteiger partial charge in [0.1, 0.15) is 5.75 Å². The number of ether oxygens (including phenoxy) is 1. The van der Waals surface area contributed by atoms with Gasteiger partial charge in [-0.05, 0) is 37.1 Å². The van der Waals surface area contributed by atoms with E-state index in [1.807, 2.05) is 0 Å². The first-order valence-corrected chi connectivity index (χ1v) is 7.63. The highest BCUT2D eigenvalue weighted by Crippen LogP contribution is 2.33. The fraction of sp³-hybridized carbons (Fsp3) is 0.462. The van der Waals surface area contributed by atoms with Crippen molar-refractivity contribution in [3.05, 3.63) is 24.3 Å². The van der Waals surface area contributed by atoms with E-state index >= 15 is 0 Å². The van der Waals surface area contributed by atoms with Gasteiger partial charge < -0.3 is 9.84 Å². The Balaban J connectivity index is 2.25. The lowest BCUT2D eigenvalue weighted by Crippen LogP contribution is -2.35. The van der Waals surface area contributed by atoms with E-state index in [0.717, 1.165) is 0 Å². The van der Waals surface area contributed by atoms with Crippen LogP contribution in [0.15, 0.2) is 29.2 Å². The van der Waals surface area contributed by atoms with Crippen molar-refractivity contribution in [2.75, 3.05) is 19.0 Å². The zero-order chi connectivity index (χ0) is 13.9. The first-order valence-electron chi connectivity index (χ1n) is 5.98. The Morgan fingerprint density at radius 2 is 1.84 bits per heavy atom. The summed E-state index contributed by atoms with van der Waals surface area (Å²) in [7, 11) is -3.54. The molecular weight excluding hydrogens is 266 g/mol. The van der Waals surface area contributed by atoms with Crippen molar-refractivity contribution in [3.8, 4) is 11.8 Å². The molecule has 0 aliphatic carbocycles. The number of aromatic hydroxyl groups is 1. The molecule has 0 aromatic heterocycles. The van der Waals surface area contributed by atoms with E-state index < -0.39 is 15.3 Å². The maximum absolute atomic E-state index is 12.3. The highest BCUT2D eigenvalue weighted by molar-refractivity contribution is 7.91. The minimum Gasteiger partial charge on any atom is -0.508 e. The fourth-order valence-corrected chi connectivity index (χ4v) is 3.95. The van der Waals surface area contributed by atoms with Crippen molar-refractivity contribution >= 4 is 9.84 Å². The Kier molecular flexibility index (Phi) is 3.78. The van der Waals surface area contributed by atoms with Crippen molar-refractivity contribution in [1.82, 2.24) is 0 Å². The molecule has 1 saturated heterocycles. The number of nitrogens with zero attached hydrogens (tertiary/aromatic N) is 1. The summed E-state index contributed by atoms with van der Waals surface area (Å²) in [6.07, 6.45) is 0.863. The van der Waals surface area contributed by atoms with Gasteiger partial charge in [-0.15, -0.1) is 0 Å². The molecule has 1 aromatic carbocycles. The van der Waals surface area contributed by atoms with Crippen LogP contribution in [0, 0.1) is 16.7 Å². The van der Waals surface area contributed by atoms with Gasteiger partial charge in [0.05, 0.1) is 22.1 Å². The molecule has 6 heteroatoms. The summed E-state index contributed by atoms with van der Waals surface area (Å²) in [6.45, 7) is 0.831. The van der Waals surface area contributed by atoms with Gasteiger partial charge in [-0.1, -0.05) is 0 Å². The van der Waals surface area contributed by atoms with Crippen LogP contribution in [0.1, 0.15) is 12.8 Å². The molecular formula is C13H15NO4S. The molecule has 1 fully saturated rings. The van der Waals surface area contributed by atoms with Gasteiger partial charge in [0.15, 0.2) is 9.84 Å². The number of rotatable bonds is 3. The molecule has 102 valence electrons. The van der Waals surface area contributed by atoms with Crippen LogP contribution in [0.2, 0.25) is 0 Å². The molecule has 1 heterocycles. The highest BCUT2D eigenvalue weighted by Gasteiger charge is 2.38. The SMILES string of the molecule is N#CC1(CS(=O)(=O)c2ccc(O)cc2)CCOCC1. The molecule has 0 saturated carbocycles. The molecule has 2 rings (SSSR count). The van der Waals surface area contributed by atoms with Crippen LogP contribution in [-0.2, 0) is 14.6 Å². The molecule has 5 nitrogen and oxygen atoms in total. The summed E-state index contributed by atoms with van der Waals surface area (Å²) < 4.78 is 29.8. The Bertz CT molecular complexity index is 580. The van der Waals surface area contributed by atoms with Crippen molar-refractivity contribution < 1.29 is 18.3 Å². The first-order chi connectivity index (χ1) is 8.97. The number of phenolic OH excluding ortho intramolecular Hbond substituents is 1. The minimum atomic E-state index is -3.54. The third-order valence-corrected chi connectivity index (χ3v) is 5.27. The predicted octanol–water partition coefficient (Wildman–Crippen LogP) is 1.49. The number of sulfone groups is 1. The van der Waals surface area contributed by atoms with E-state index in [4.69, 9.17) is 4.74 Å². The van der Waals surface area contributed by atoms with Gasteiger partial charge in [-0.25, -0.2) is 8.42 Å². The van der Waals surface area contributed by atoms with E-state index in [0.29, 0.717) is 26.1 Å². The molecule has 1 aromatic rings. The second kappa shape index (κ2) is 5.19. The zero-order valence-corrected chi connectivity index (χ0v) is 11.2. The average Bonchev–Trinajstić information content (AvgIpc) is 2.40.